The molecule has 144 valence electrons. The lowest BCUT2D eigenvalue weighted by Gasteiger charge is -2.16. The van der Waals surface area contributed by atoms with E-state index in [1.807, 2.05) is 4.57 Å². The normalized spacial score (nSPS) is 15.4. The van der Waals surface area contributed by atoms with Crippen molar-refractivity contribution in [2.24, 2.45) is 5.73 Å². The maximum atomic E-state index is 15.0. The van der Waals surface area contributed by atoms with E-state index in [9.17, 15) is 9.59 Å². The quantitative estimate of drug-likeness (QED) is 0.508. The largest absolute Gasteiger partial charge is 0.496 e. The predicted molar refractivity (Wildman–Crippen MR) is 110 cm³/mol. The molecule has 2 aromatic heterocycles. The fourth-order valence-corrected chi connectivity index (χ4v) is 4.36. The maximum absolute atomic E-state index is 15.0. The summed E-state index contributed by atoms with van der Waals surface area (Å²) in [7, 11) is 1.46. The number of allylic oxidation sites excluding steroid dienone is 3. The van der Waals surface area contributed by atoms with Gasteiger partial charge in [-0.2, -0.15) is 0 Å². The van der Waals surface area contributed by atoms with E-state index in [1.165, 1.54) is 25.5 Å². The van der Waals surface area contributed by atoms with Crippen LogP contribution in [0.15, 0.2) is 52.4 Å². The van der Waals surface area contributed by atoms with Crippen LogP contribution in [0.25, 0.3) is 26.7 Å². The Kier molecular flexibility index (Phi) is 4.43. The van der Waals surface area contributed by atoms with Gasteiger partial charge in [-0.05, 0) is 42.6 Å². The van der Waals surface area contributed by atoms with Crippen molar-refractivity contribution in [1.29, 1.82) is 0 Å². The Morgan fingerprint density at radius 2 is 2.18 bits per heavy atom. The Balaban J connectivity index is 2.11. The molecule has 1 fully saturated rings. The van der Waals surface area contributed by atoms with Crippen molar-refractivity contribution in [2.75, 3.05) is 7.11 Å². The topological polar surface area (TPSA) is 90.1 Å². The molecule has 0 amide bonds. The molecule has 3 aromatic rings. The van der Waals surface area contributed by atoms with Gasteiger partial charge in [0.05, 0.1) is 12.6 Å². The summed E-state index contributed by atoms with van der Waals surface area (Å²) in [5, 5.41) is 0.253. The molecule has 8 heteroatoms. The highest BCUT2D eigenvalue weighted by Gasteiger charge is 2.29. The van der Waals surface area contributed by atoms with Gasteiger partial charge in [0.25, 0.3) is 5.56 Å². The molecule has 0 spiro atoms. The van der Waals surface area contributed by atoms with Gasteiger partial charge in [0.15, 0.2) is 0 Å². The lowest BCUT2D eigenvalue weighted by molar-refractivity contribution is 0.310. The van der Waals surface area contributed by atoms with Crippen molar-refractivity contribution in [3.63, 3.8) is 0 Å². The highest BCUT2D eigenvalue weighted by atomic mass is 32.1. The Morgan fingerprint density at radius 3 is 2.79 bits per heavy atom. The van der Waals surface area contributed by atoms with Gasteiger partial charge in [-0.15, -0.1) is 0 Å². The SMILES string of the molecule is C=C/C=C(OC)\C(=C/N)c1cc2c(cc1F)c(=O)c1c(=O)[nH]sc1n2C1CC1. The lowest BCUT2D eigenvalue weighted by atomic mass is 10.0. The molecule has 2 heterocycles. The van der Waals surface area contributed by atoms with Gasteiger partial charge in [0, 0.05) is 28.8 Å². The van der Waals surface area contributed by atoms with Crippen molar-refractivity contribution in [1.82, 2.24) is 8.94 Å². The van der Waals surface area contributed by atoms with E-state index in [1.54, 1.807) is 12.1 Å². The fraction of sp³-hybridized carbons (Fsp3) is 0.200. The van der Waals surface area contributed by atoms with Gasteiger partial charge >= 0.3 is 0 Å². The van der Waals surface area contributed by atoms with E-state index in [2.05, 4.69) is 11.0 Å². The molecule has 0 aliphatic heterocycles. The minimum Gasteiger partial charge on any atom is -0.496 e. The molecule has 3 N–H and O–H groups in total. The minimum atomic E-state index is -0.623. The number of methoxy groups -OCH3 is 1. The van der Waals surface area contributed by atoms with Crippen LogP contribution in [-0.2, 0) is 4.74 Å². The molecule has 0 radical (unpaired) electrons. The van der Waals surface area contributed by atoms with Crippen LogP contribution < -0.4 is 16.7 Å². The molecule has 4 rings (SSSR count). The number of fused-ring (bicyclic) bond motifs is 2. The maximum Gasteiger partial charge on any atom is 0.271 e. The van der Waals surface area contributed by atoms with E-state index in [-0.39, 0.29) is 22.4 Å². The first-order valence-electron chi connectivity index (χ1n) is 8.70. The highest BCUT2D eigenvalue weighted by molar-refractivity contribution is 7.12. The molecular weight excluding hydrogens is 381 g/mol. The third kappa shape index (κ3) is 2.68. The van der Waals surface area contributed by atoms with Crippen LogP contribution in [-0.4, -0.2) is 16.1 Å². The Hall–Kier alpha value is -3.13. The summed E-state index contributed by atoms with van der Waals surface area (Å²) in [5.41, 5.74) is 5.98. The number of hydrogen-bond donors (Lipinski definition) is 2. The van der Waals surface area contributed by atoms with Crippen LogP contribution in [0.4, 0.5) is 4.39 Å². The fourth-order valence-electron chi connectivity index (χ4n) is 3.43. The molecule has 6 nitrogen and oxygen atoms in total. The minimum absolute atomic E-state index is 0.0790. The van der Waals surface area contributed by atoms with Crippen molar-refractivity contribution in [2.45, 2.75) is 18.9 Å². The summed E-state index contributed by atoms with van der Waals surface area (Å²) >= 11 is 1.12. The summed E-state index contributed by atoms with van der Waals surface area (Å²) in [6.07, 6.45) is 6.23. The zero-order chi connectivity index (χ0) is 20.0. The average molecular weight is 399 g/mol. The van der Waals surface area contributed by atoms with Crippen LogP contribution in [0.3, 0.4) is 0 Å². The van der Waals surface area contributed by atoms with Gasteiger partial charge in [0.1, 0.15) is 21.8 Å². The Labute approximate surface area is 163 Å². The molecule has 1 aliphatic rings. The monoisotopic (exact) mass is 399 g/mol. The third-order valence-electron chi connectivity index (χ3n) is 4.84. The standard InChI is InChI=1S/C20H18FN3O3S/c1-3-4-16(27-2)13(9-22)11-8-15-12(7-14(11)21)18(25)17-19(26)23-28-20(17)24(15)10-5-6-10/h3-4,7-10H,1,5-6,22H2,2H3,(H,23,26)/b13-9-,16-4+. The molecule has 1 aromatic carbocycles. The first kappa shape index (κ1) is 18.2. The van der Waals surface area contributed by atoms with Gasteiger partial charge < -0.3 is 15.0 Å². The summed E-state index contributed by atoms with van der Waals surface area (Å²) in [5.74, 6) is -0.273. The number of rotatable bonds is 5. The van der Waals surface area contributed by atoms with E-state index in [4.69, 9.17) is 10.5 Å². The van der Waals surface area contributed by atoms with E-state index in [0.29, 0.717) is 21.7 Å². The second kappa shape index (κ2) is 6.79. The summed E-state index contributed by atoms with van der Waals surface area (Å²) < 4.78 is 24.9. The van der Waals surface area contributed by atoms with Crippen LogP contribution in [0.1, 0.15) is 24.4 Å². The number of aromatic nitrogens is 2. The van der Waals surface area contributed by atoms with Crippen LogP contribution in [0, 0.1) is 5.82 Å². The second-order valence-electron chi connectivity index (χ2n) is 6.54. The van der Waals surface area contributed by atoms with E-state index >= 15 is 4.39 Å². The average Bonchev–Trinajstić information content (AvgIpc) is 3.45. The van der Waals surface area contributed by atoms with Crippen molar-refractivity contribution in [3.8, 4) is 0 Å². The van der Waals surface area contributed by atoms with Crippen LogP contribution in [0.2, 0.25) is 0 Å². The van der Waals surface area contributed by atoms with E-state index < -0.39 is 16.8 Å². The number of halogens is 1. The molecule has 0 atom stereocenters. The van der Waals surface area contributed by atoms with Gasteiger partial charge in [-0.25, -0.2) is 4.39 Å². The molecule has 0 bridgehead atoms. The van der Waals surface area contributed by atoms with Gasteiger partial charge in [-0.3, -0.25) is 14.0 Å². The first-order valence-corrected chi connectivity index (χ1v) is 9.51. The lowest BCUT2D eigenvalue weighted by Crippen LogP contribution is -2.16. The van der Waals surface area contributed by atoms with Crippen LogP contribution >= 0.6 is 11.5 Å². The zero-order valence-corrected chi connectivity index (χ0v) is 15.9. The molecular formula is C20H18FN3O3S. The molecule has 0 unspecified atom stereocenters. The number of hydrogen-bond acceptors (Lipinski definition) is 5. The number of aromatic amines is 1. The van der Waals surface area contributed by atoms with Crippen molar-refractivity contribution in [3.05, 3.63) is 74.8 Å². The van der Waals surface area contributed by atoms with Crippen molar-refractivity contribution >= 4 is 38.2 Å². The highest BCUT2D eigenvalue weighted by Crippen LogP contribution is 2.40. The predicted octanol–water partition coefficient (Wildman–Crippen LogP) is 3.39. The number of H-pyrrole nitrogens is 1. The number of benzene rings is 1. The molecule has 1 aliphatic carbocycles. The summed E-state index contributed by atoms with van der Waals surface area (Å²) in [6, 6.07) is 2.95. The second-order valence-corrected chi connectivity index (χ2v) is 7.34. The summed E-state index contributed by atoms with van der Waals surface area (Å²) in [4.78, 5) is 25.6. The number of nitrogens with one attached hydrogen (secondary N) is 1. The first-order chi connectivity index (χ1) is 13.5. The van der Waals surface area contributed by atoms with Crippen LogP contribution in [0.5, 0.6) is 0 Å². The van der Waals surface area contributed by atoms with Crippen molar-refractivity contribution < 1.29 is 9.13 Å². The van der Waals surface area contributed by atoms with Gasteiger partial charge in [-0.1, -0.05) is 12.7 Å². The molecule has 28 heavy (non-hydrogen) atoms. The Bertz CT molecular complexity index is 1290. The molecule has 1 saturated carbocycles. The number of pyridine rings is 1. The zero-order valence-electron chi connectivity index (χ0n) is 15.1. The third-order valence-corrected chi connectivity index (χ3v) is 5.72. The van der Waals surface area contributed by atoms with E-state index in [0.717, 1.165) is 24.4 Å². The number of nitrogens with two attached hydrogens (primary N) is 1. The van der Waals surface area contributed by atoms with Gasteiger partial charge in [0.2, 0.25) is 5.43 Å². The smallest absolute Gasteiger partial charge is 0.271 e. The Morgan fingerprint density at radius 1 is 1.43 bits per heavy atom. The summed E-state index contributed by atoms with van der Waals surface area (Å²) in [6.45, 7) is 3.63. The number of nitrogens with zero attached hydrogens (tertiary/aromatic N) is 1. The number of ether oxygens (including phenoxy) is 1. The molecule has 0 saturated heterocycles.